The zero-order chi connectivity index (χ0) is 9.14. The topological polar surface area (TPSA) is 22.1 Å². The van der Waals surface area contributed by atoms with Gasteiger partial charge in [-0.15, -0.1) is 11.8 Å². The summed E-state index contributed by atoms with van der Waals surface area (Å²) in [6, 6.07) is 0. The van der Waals surface area contributed by atoms with Gasteiger partial charge in [0.25, 0.3) is 5.88 Å². The number of aromatic nitrogens is 1. The van der Waals surface area contributed by atoms with Crippen molar-refractivity contribution < 1.29 is 9.13 Å². The average Bonchev–Trinajstić information content (AvgIpc) is 2.06. The molecule has 0 atom stereocenters. The molecule has 0 aliphatic rings. The second-order valence-corrected chi connectivity index (χ2v) is 3.19. The van der Waals surface area contributed by atoms with Crippen LogP contribution in [0.15, 0.2) is 11.1 Å². The van der Waals surface area contributed by atoms with Crippen molar-refractivity contribution in [3.05, 3.63) is 17.0 Å². The van der Waals surface area contributed by atoms with E-state index in [4.69, 9.17) is 11.6 Å². The summed E-state index contributed by atoms with van der Waals surface area (Å²) in [5, 5.41) is 0.306. The Bertz CT molecular complexity index is 295. The maximum absolute atomic E-state index is 13.2. The van der Waals surface area contributed by atoms with E-state index in [-0.39, 0.29) is 5.88 Å². The van der Waals surface area contributed by atoms with Gasteiger partial charge in [-0.3, -0.25) is 0 Å². The number of rotatable bonds is 2. The molecule has 0 aliphatic carbocycles. The second kappa shape index (κ2) is 3.96. The lowest BCUT2D eigenvalue weighted by molar-refractivity contribution is 0.364. The monoisotopic (exact) mass is 207 g/mol. The molecule has 0 N–H and O–H groups in total. The number of halogens is 2. The van der Waals surface area contributed by atoms with Crippen LogP contribution < -0.4 is 4.74 Å². The summed E-state index contributed by atoms with van der Waals surface area (Å²) >= 11 is 6.90. The van der Waals surface area contributed by atoms with Gasteiger partial charge in [0, 0.05) is 0 Å². The van der Waals surface area contributed by atoms with Crippen molar-refractivity contribution in [2.24, 2.45) is 0 Å². The maximum Gasteiger partial charge on any atom is 0.251 e. The minimum absolute atomic E-state index is 0.0243. The lowest BCUT2D eigenvalue weighted by atomic mass is 10.4. The molecule has 0 saturated heterocycles. The van der Waals surface area contributed by atoms with Crippen LogP contribution in [0.4, 0.5) is 4.39 Å². The van der Waals surface area contributed by atoms with Crippen molar-refractivity contribution in [3.63, 3.8) is 0 Å². The van der Waals surface area contributed by atoms with Crippen LogP contribution in [0.1, 0.15) is 0 Å². The summed E-state index contributed by atoms with van der Waals surface area (Å²) in [5.74, 6) is -0.527. The van der Waals surface area contributed by atoms with E-state index in [1.54, 1.807) is 6.26 Å². The SMILES string of the molecule is COc1ncc(Cl)c(SC)c1F. The largest absolute Gasteiger partial charge is 0.479 e. The summed E-state index contributed by atoms with van der Waals surface area (Å²) < 4.78 is 17.9. The van der Waals surface area contributed by atoms with Gasteiger partial charge in [-0.2, -0.15) is 4.39 Å². The van der Waals surface area contributed by atoms with Gasteiger partial charge in [-0.05, 0) is 6.26 Å². The first kappa shape index (κ1) is 9.61. The number of methoxy groups -OCH3 is 1. The van der Waals surface area contributed by atoms with E-state index in [1.165, 1.54) is 25.1 Å². The molecule has 66 valence electrons. The molecule has 0 bridgehead atoms. The Morgan fingerprint density at radius 2 is 2.33 bits per heavy atom. The van der Waals surface area contributed by atoms with Crippen molar-refractivity contribution in [1.29, 1.82) is 0 Å². The van der Waals surface area contributed by atoms with E-state index in [2.05, 4.69) is 9.72 Å². The predicted octanol–water partition coefficient (Wildman–Crippen LogP) is 2.60. The van der Waals surface area contributed by atoms with Gasteiger partial charge < -0.3 is 4.74 Å². The first-order valence-corrected chi connectivity index (χ1v) is 4.73. The summed E-state index contributed by atoms with van der Waals surface area (Å²) in [6.45, 7) is 0. The molecule has 0 radical (unpaired) electrons. The minimum Gasteiger partial charge on any atom is -0.479 e. The smallest absolute Gasteiger partial charge is 0.251 e. The normalized spacial score (nSPS) is 10.0. The fourth-order valence-electron chi connectivity index (χ4n) is 0.762. The second-order valence-electron chi connectivity index (χ2n) is 1.96. The van der Waals surface area contributed by atoms with Crippen LogP contribution in [-0.2, 0) is 0 Å². The van der Waals surface area contributed by atoms with Gasteiger partial charge in [0.15, 0.2) is 5.82 Å². The fourth-order valence-corrected chi connectivity index (χ4v) is 1.64. The molecule has 0 aliphatic heterocycles. The number of hydrogen-bond acceptors (Lipinski definition) is 3. The fraction of sp³-hybridized carbons (Fsp3) is 0.286. The Balaban J connectivity index is 3.24. The van der Waals surface area contributed by atoms with E-state index >= 15 is 0 Å². The van der Waals surface area contributed by atoms with Gasteiger partial charge in [-0.25, -0.2) is 4.98 Å². The lowest BCUT2D eigenvalue weighted by Crippen LogP contribution is -1.94. The van der Waals surface area contributed by atoms with Crippen molar-refractivity contribution in [2.45, 2.75) is 4.90 Å². The summed E-state index contributed by atoms with van der Waals surface area (Å²) in [6.07, 6.45) is 3.11. The van der Waals surface area contributed by atoms with Crippen LogP contribution in [-0.4, -0.2) is 18.3 Å². The molecule has 1 aromatic rings. The minimum atomic E-state index is -0.502. The van der Waals surface area contributed by atoms with E-state index < -0.39 is 5.82 Å². The number of pyridine rings is 1. The van der Waals surface area contributed by atoms with Crippen molar-refractivity contribution in [2.75, 3.05) is 13.4 Å². The van der Waals surface area contributed by atoms with E-state index in [0.29, 0.717) is 9.92 Å². The highest BCUT2D eigenvalue weighted by Crippen LogP contribution is 2.31. The Kier molecular flexibility index (Phi) is 3.17. The van der Waals surface area contributed by atoms with Gasteiger partial charge in [0.1, 0.15) is 0 Å². The van der Waals surface area contributed by atoms with Crippen molar-refractivity contribution in [1.82, 2.24) is 4.98 Å². The molecule has 0 unspecified atom stereocenters. The Hall–Kier alpha value is -0.480. The molecule has 0 spiro atoms. The van der Waals surface area contributed by atoms with Crippen molar-refractivity contribution in [3.8, 4) is 5.88 Å². The average molecular weight is 208 g/mol. The molecule has 0 fully saturated rings. The van der Waals surface area contributed by atoms with Crippen LogP contribution >= 0.6 is 23.4 Å². The molecule has 1 heterocycles. The third-order valence-electron chi connectivity index (χ3n) is 1.30. The molecule has 1 rings (SSSR count). The zero-order valence-corrected chi connectivity index (χ0v) is 8.17. The molecule has 0 saturated carbocycles. The molecule has 2 nitrogen and oxygen atoms in total. The number of thioether (sulfide) groups is 1. The number of ether oxygens (including phenoxy) is 1. The highest BCUT2D eigenvalue weighted by molar-refractivity contribution is 7.98. The highest BCUT2D eigenvalue weighted by atomic mass is 35.5. The summed E-state index contributed by atoms with van der Waals surface area (Å²) in [5.41, 5.74) is 0. The number of hydrogen-bond donors (Lipinski definition) is 0. The van der Waals surface area contributed by atoms with Gasteiger partial charge in [0.2, 0.25) is 0 Å². The van der Waals surface area contributed by atoms with Gasteiger partial charge >= 0.3 is 0 Å². The van der Waals surface area contributed by atoms with Crippen LogP contribution in [0, 0.1) is 5.82 Å². The zero-order valence-electron chi connectivity index (χ0n) is 6.60. The molecule has 12 heavy (non-hydrogen) atoms. The predicted molar refractivity (Wildman–Crippen MR) is 47.5 cm³/mol. The van der Waals surface area contributed by atoms with E-state index in [1.807, 2.05) is 0 Å². The van der Waals surface area contributed by atoms with Gasteiger partial charge in [0.05, 0.1) is 23.2 Å². The maximum atomic E-state index is 13.2. The van der Waals surface area contributed by atoms with E-state index in [0.717, 1.165) is 0 Å². The van der Waals surface area contributed by atoms with Crippen LogP contribution in [0.3, 0.4) is 0 Å². The Morgan fingerprint density at radius 3 is 2.83 bits per heavy atom. The summed E-state index contributed by atoms with van der Waals surface area (Å²) in [7, 11) is 1.36. The molecule has 0 aromatic carbocycles. The number of nitrogens with zero attached hydrogens (tertiary/aromatic N) is 1. The van der Waals surface area contributed by atoms with Gasteiger partial charge in [-0.1, -0.05) is 11.6 Å². The third kappa shape index (κ3) is 1.64. The summed E-state index contributed by atoms with van der Waals surface area (Å²) in [4.78, 5) is 4.03. The van der Waals surface area contributed by atoms with E-state index in [9.17, 15) is 4.39 Å². The van der Waals surface area contributed by atoms with Crippen molar-refractivity contribution >= 4 is 23.4 Å². The highest BCUT2D eigenvalue weighted by Gasteiger charge is 2.12. The Labute approximate surface area is 79.1 Å². The van der Waals surface area contributed by atoms with Crippen LogP contribution in [0.5, 0.6) is 5.88 Å². The molecular formula is C7H7ClFNOS. The Morgan fingerprint density at radius 1 is 1.67 bits per heavy atom. The quantitative estimate of drug-likeness (QED) is 0.696. The molecule has 0 amide bonds. The molecular weight excluding hydrogens is 201 g/mol. The van der Waals surface area contributed by atoms with Crippen LogP contribution in [0.25, 0.3) is 0 Å². The van der Waals surface area contributed by atoms with Crippen LogP contribution in [0.2, 0.25) is 5.02 Å². The lowest BCUT2D eigenvalue weighted by Gasteiger charge is -2.05. The molecule has 1 aromatic heterocycles. The standard InChI is InChI=1S/C7H7ClFNOS/c1-11-7-5(9)6(12-2)4(8)3-10-7/h3H,1-2H3. The third-order valence-corrected chi connectivity index (χ3v) is 2.50. The molecule has 5 heteroatoms. The first-order valence-electron chi connectivity index (χ1n) is 3.12. The first-order chi connectivity index (χ1) is 5.70.